The van der Waals surface area contributed by atoms with Gasteiger partial charge >= 0.3 is 0 Å². The van der Waals surface area contributed by atoms with Crippen LogP contribution in [0.15, 0.2) is 47.8 Å². The molecule has 0 saturated carbocycles. The van der Waals surface area contributed by atoms with E-state index in [-0.39, 0.29) is 11.9 Å². The van der Waals surface area contributed by atoms with Crippen LogP contribution in [0, 0.1) is 0 Å². The van der Waals surface area contributed by atoms with Gasteiger partial charge in [-0.2, -0.15) is 0 Å². The van der Waals surface area contributed by atoms with E-state index in [1.807, 2.05) is 35.2 Å². The molecule has 1 saturated heterocycles. The normalized spacial score (nSPS) is 17.7. The van der Waals surface area contributed by atoms with Gasteiger partial charge in [0.05, 0.1) is 22.3 Å². The Hall–Kier alpha value is -1.88. The predicted molar refractivity (Wildman–Crippen MR) is 87.9 cm³/mol. The highest BCUT2D eigenvalue weighted by atomic mass is 32.2. The molecule has 1 amide bonds. The van der Waals surface area contributed by atoms with Crippen molar-refractivity contribution in [3.63, 3.8) is 0 Å². The lowest BCUT2D eigenvalue weighted by Gasteiger charge is -2.24. The van der Waals surface area contributed by atoms with Crippen molar-refractivity contribution in [1.29, 1.82) is 0 Å². The first-order chi connectivity index (χ1) is 10.8. The number of likely N-dealkylation sites (tertiary alicyclic amines) is 1. The Morgan fingerprint density at radius 2 is 2.23 bits per heavy atom. The molecule has 2 aromatic heterocycles. The lowest BCUT2D eigenvalue weighted by atomic mass is 10.1. The zero-order valence-corrected chi connectivity index (χ0v) is 13.4. The summed E-state index contributed by atoms with van der Waals surface area (Å²) in [6, 6.07) is 9.75. The van der Waals surface area contributed by atoms with Gasteiger partial charge in [0.15, 0.2) is 0 Å². The fraction of sp³-hybridized carbons (Fsp3) is 0.353. The summed E-state index contributed by atoms with van der Waals surface area (Å²) in [5, 5.41) is 0.960. The molecule has 0 N–H and O–H groups in total. The predicted octanol–water partition coefficient (Wildman–Crippen LogP) is 3.57. The molecule has 1 aliphatic rings. The quantitative estimate of drug-likeness (QED) is 0.810. The van der Waals surface area contributed by atoms with E-state index in [1.54, 1.807) is 24.2 Å². The molecule has 0 radical (unpaired) electrons. The SMILES string of the molecule is CCSc1ccc(C(=O)N2CCCC2c2ccccn2)cn1. The van der Waals surface area contributed by atoms with Crippen molar-refractivity contribution in [3.05, 3.63) is 54.0 Å². The molecule has 1 fully saturated rings. The number of hydrogen-bond acceptors (Lipinski definition) is 4. The van der Waals surface area contributed by atoms with Gasteiger partial charge in [0.25, 0.3) is 5.91 Å². The van der Waals surface area contributed by atoms with E-state index in [0.29, 0.717) is 5.56 Å². The van der Waals surface area contributed by atoms with Crippen molar-refractivity contribution >= 4 is 17.7 Å². The van der Waals surface area contributed by atoms with E-state index in [2.05, 4.69) is 16.9 Å². The number of carbonyl (C=O) groups excluding carboxylic acids is 1. The summed E-state index contributed by atoms with van der Waals surface area (Å²) in [4.78, 5) is 23.4. The van der Waals surface area contributed by atoms with E-state index in [0.717, 1.165) is 35.9 Å². The van der Waals surface area contributed by atoms with Crippen molar-refractivity contribution in [2.24, 2.45) is 0 Å². The summed E-state index contributed by atoms with van der Waals surface area (Å²) >= 11 is 1.68. The zero-order valence-electron chi connectivity index (χ0n) is 12.6. The molecule has 2 aromatic rings. The molecule has 1 aliphatic heterocycles. The van der Waals surface area contributed by atoms with Crippen LogP contribution in [0.2, 0.25) is 0 Å². The number of rotatable bonds is 4. The Kier molecular flexibility index (Phi) is 4.73. The van der Waals surface area contributed by atoms with Gasteiger partial charge < -0.3 is 4.90 Å². The second-order valence-corrected chi connectivity index (χ2v) is 6.51. The number of carbonyl (C=O) groups is 1. The van der Waals surface area contributed by atoms with Crippen LogP contribution in [0.25, 0.3) is 0 Å². The average molecular weight is 313 g/mol. The highest BCUT2D eigenvalue weighted by Gasteiger charge is 2.31. The molecular weight excluding hydrogens is 294 g/mol. The van der Waals surface area contributed by atoms with Gasteiger partial charge in [-0.15, -0.1) is 11.8 Å². The number of amides is 1. The van der Waals surface area contributed by atoms with E-state index in [9.17, 15) is 4.79 Å². The zero-order chi connectivity index (χ0) is 15.4. The summed E-state index contributed by atoms with van der Waals surface area (Å²) in [6.07, 6.45) is 5.47. The fourth-order valence-corrected chi connectivity index (χ4v) is 3.38. The Bertz CT molecular complexity index is 630. The maximum atomic E-state index is 12.8. The van der Waals surface area contributed by atoms with Gasteiger partial charge in [-0.25, -0.2) is 4.98 Å². The standard InChI is InChI=1S/C17H19N3OS/c1-2-22-16-9-8-13(12-19-16)17(21)20-11-5-7-15(20)14-6-3-4-10-18-14/h3-4,6,8-10,12,15H,2,5,7,11H2,1H3. The summed E-state index contributed by atoms with van der Waals surface area (Å²) < 4.78 is 0. The summed E-state index contributed by atoms with van der Waals surface area (Å²) in [6.45, 7) is 2.87. The Balaban J connectivity index is 1.78. The van der Waals surface area contributed by atoms with Crippen LogP contribution in [0.1, 0.15) is 41.9 Å². The van der Waals surface area contributed by atoms with E-state index >= 15 is 0 Å². The second kappa shape index (κ2) is 6.92. The Morgan fingerprint density at radius 1 is 1.32 bits per heavy atom. The molecule has 0 aromatic carbocycles. The maximum Gasteiger partial charge on any atom is 0.255 e. The van der Waals surface area contributed by atoms with Crippen molar-refractivity contribution in [2.75, 3.05) is 12.3 Å². The largest absolute Gasteiger partial charge is 0.330 e. The number of aromatic nitrogens is 2. The molecular formula is C17H19N3OS. The number of pyridine rings is 2. The number of hydrogen-bond donors (Lipinski definition) is 0. The van der Waals surface area contributed by atoms with Crippen LogP contribution in [-0.2, 0) is 0 Å². The van der Waals surface area contributed by atoms with Gasteiger partial charge in [-0.3, -0.25) is 9.78 Å². The Labute approximate surface area is 135 Å². The third-order valence-electron chi connectivity index (χ3n) is 3.82. The lowest BCUT2D eigenvalue weighted by Crippen LogP contribution is -2.31. The molecule has 114 valence electrons. The third kappa shape index (κ3) is 3.14. The van der Waals surface area contributed by atoms with Crippen LogP contribution < -0.4 is 0 Å². The van der Waals surface area contributed by atoms with Gasteiger partial charge in [0.1, 0.15) is 0 Å². The molecule has 3 rings (SSSR count). The highest BCUT2D eigenvalue weighted by molar-refractivity contribution is 7.99. The third-order valence-corrected chi connectivity index (χ3v) is 4.64. The molecule has 0 bridgehead atoms. The first-order valence-corrected chi connectivity index (χ1v) is 8.59. The van der Waals surface area contributed by atoms with Crippen LogP contribution in [0.5, 0.6) is 0 Å². The minimum Gasteiger partial charge on any atom is -0.330 e. The van der Waals surface area contributed by atoms with Gasteiger partial charge in [-0.05, 0) is 42.9 Å². The highest BCUT2D eigenvalue weighted by Crippen LogP contribution is 2.31. The van der Waals surface area contributed by atoms with Crippen molar-refractivity contribution in [1.82, 2.24) is 14.9 Å². The molecule has 0 spiro atoms. The topological polar surface area (TPSA) is 46.1 Å². The second-order valence-electron chi connectivity index (χ2n) is 5.23. The number of thioether (sulfide) groups is 1. The summed E-state index contributed by atoms with van der Waals surface area (Å²) in [5.74, 6) is 1.03. The molecule has 4 nitrogen and oxygen atoms in total. The summed E-state index contributed by atoms with van der Waals surface area (Å²) in [7, 11) is 0. The number of nitrogens with zero attached hydrogens (tertiary/aromatic N) is 3. The Morgan fingerprint density at radius 3 is 2.91 bits per heavy atom. The van der Waals surface area contributed by atoms with E-state index in [4.69, 9.17) is 0 Å². The van der Waals surface area contributed by atoms with Crippen LogP contribution in [0.3, 0.4) is 0 Å². The molecule has 3 heterocycles. The van der Waals surface area contributed by atoms with Gasteiger partial charge in [-0.1, -0.05) is 13.0 Å². The first kappa shape index (κ1) is 15.0. The molecule has 22 heavy (non-hydrogen) atoms. The minimum atomic E-state index is 0.0497. The van der Waals surface area contributed by atoms with E-state index in [1.165, 1.54) is 0 Å². The molecule has 5 heteroatoms. The molecule has 0 aliphatic carbocycles. The maximum absolute atomic E-state index is 12.8. The fourth-order valence-electron chi connectivity index (χ4n) is 2.80. The van der Waals surface area contributed by atoms with Crippen molar-refractivity contribution < 1.29 is 4.79 Å². The molecule has 1 atom stereocenters. The van der Waals surface area contributed by atoms with Gasteiger partial charge in [0, 0.05) is 18.9 Å². The average Bonchev–Trinajstić information content (AvgIpc) is 3.06. The first-order valence-electron chi connectivity index (χ1n) is 7.60. The van der Waals surface area contributed by atoms with E-state index < -0.39 is 0 Å². The van der Waals surface area contributed by atoms with Crippen LogP contribution >= 0.6 is 11.8 Å². The monoisotopic (exact) mass is 313 g/mol. The van der Waals surface area contributed by atoms with Crippen molar-refractivity contribution in [3.8, 4) is 0 Å². The minimum absolute atomic E-state index is 0.0497. The van der Waals surface area contributed by atoms with Crippen LogP contribution in [0.4, 0.5) is 0 Å². The van der Waals surface area contributed by atoms with Crippen LogP contribution in [-0.4, -0.2) is 33.1 Å². The van der Waals surface area contributed by atoms with Crippen molar-refractivity contribution in [2.45, 2.75) is 30.8 Å². The van der Waals surface area contributed by atoms with Gasteiger partial charge in [0.2, 0.25) is 0 Å². The smallest absolute Gasteiger partial charge is 0.255 e. The summed E-state index contributed by atoms with van der Waals surface area (Å²) in [5.41, 5.74) is 1.63. The molecule has 1 unspecified atom stereocenters. The lowest BCUT2D eigenvalue weighted by molar-refractivity contribution is 0.0732.